The van der Waals surface area contributed by atoms with Crippen molar-refractivity contribution in [2.45, 2.75) is 6.92 Å². The lowest BCUT2D eigenvalue weighted by molar-refractivity contribution is -0.115. The van der Waals surface area contributed by atoms with Crippen molar-refractivity contribution < 1.29 is 14.6 Å². The summed E-state index contributed by atoms with van der Waals surface area (Å²) in [6.45, 7) is 1.90. The monoisotopic (exact) mass is 374 g/mol. The van der Waals surface area contributed by atoms with E-state index in [4.69, 9.17) is 16.3 Å². The lowest BCUT2D eigenvalue weighted by atomic mass is 10.2. The normalized spacial score (nSPS) is 17.2. The molecule has 1 aliphatic rings. The average Bonchev–Trinajstić information content (AvgIpc) is 2.92. The summed E-state index contributed by atoms with van der Waals surface area (Å²) >= 11 is 7.26. The van der Waals surface area contributed by atoms with Gasteiger partial charge in [0.25, 0.3) is 5.91 Å². The van der Waals surface area contributed by atoms with Crippen molar-refractivity contribution in [3.05, 3.63) is 57.5 Å². The Bertz CT molecular complexity index is 909. The number of rotatable bonds is 3. The molecule has 1 aliphatic heterocycles. The zero-order valence-corrected chi connectivity index (χ0v) is 15.1. The van der Waals surface area contributed by atoms with Crippen molar-refractivity contribution in [1.82, 2.24) is 5.32 Å². The highest BCUT2D eigenvalue weighted by Crippen LogP contribution is 2.32. The lowest BCUT2D eigenvalue weighted by Crippen LogP contribution is -2.19. The molecule has 7 heteroatoms. The number of amides is 1. The number of hydrogen-bond donors (Lipinski definition) is 2. The fourth-order valence-electron chi connectivity index (χ4n) is 2.23. The number of halogens is 1. The highest BCUT2D eigenvalue weighted by molar-refractivity contribution is 8.18. The molecule has 0 aliphatic carbocycles. The summed E-state index contributed by atoms with van der Waals surface area (Å²) in [6.07, 6.45) is 1.72. The van der Waals surface area contributed by atoms with Gasteiger partial charge in [-0.3, -0.25) is 4.79 Å². The van der Waals surface area contributed by atoms with Crippen molar-refractivity contribution in [2.75, 3.05) is 7.11 Å². The quantitative estimate of drug-likeness (QED) is 0.788. The van der Waals surface area contributed by atoms with Crippen LogP contribution in [0.25, 0.3) is 6.08 Å². The topological polar surface area (TPSA) is 70.9 Å². The third-order valence-electron chi connectivity index (χ3n) is 3.52. The molecule has 0 atom stereocenters. The minimum Gasteiger partial charge on any atom is -0.504 e. The number of aliphatic imine (C=N–C) groups is 1. The van der Waals surface area contributed by atoms with Gasteiger partial charge in [-0.1, -0.05) is 17.7 Å². The van der Waals surface area contributed by atoms with E-state index < -0.39 is 0 Å². The molecular weight excluding hydrogens is 360 g/mol. The van der Waals surface area contributed by atoms with Crippen LogP contribution in [-0.4, -0.2) is 23.3 Å². The summed E-state index contributed by atoms with van der Waals surface area (Å²) in [5.41, 5.74) is 2.39. The zero-order valence-electron chi connectivity index (χ0n) is 13.5. The average molecular weight is 375 g/mol. The van der Waals surface area contributed by atoms with Crippen LogP contribution in [0.2, 0.25) is 5.02 Å². The molecule has 0 saturated carbocycles. The van der Waals surface area contributed by atoms with Crippen molar-refractivity contribution in [3.8, 4) is 11.5 Å². The van der Waals surface area contributed by atoms with Crippen molar-refractivity contribution in [3.63, 3.8) is 0 Å². The molecule has 1 saturated heterocycles. The molecule has 2 N–H and O–H groups in total. The highest BCUT2D eigenvalue weighted by atomic mass is 35.5. The number of benzene rings is 2. The second-order valence-corrected chi connectivity index (χ2v) is 6.78. The van der Waals surface area contributed by atoms with Crippen molar-refractivity contribution >= 4 is 46.2 Å². The standard InChI is InChI=1S/C18H15ClN2O3S/c1-10-7-12(4-5-13(10)19)20-18-21-17(23)16(25-18)9-11-3-6-14(22)15(8-11)24-2/h3-9,22H,1-2H3,(H,20,21,23)/b16-9+. The van der Waals surface area contributed by atoms with Gasteiger partial charge in [-0.05, 0) is 66.2 Å². The summed E-state index contributed by atoms with van der Waals surface area (Å²) in [5, 5.41) is 13.6. The van der Waals surface area contributed by atoms with Gasteiger partial charge in [0.2, 0.25) is 0 Å². The first-order valence-electron chi connectivity index (χ1n) is 7.39. The van der Waals surface area contributed by atoms with Crippen LogP contribution in [0.4, 0.5) is 5.69 Å². The van der Waals surface area contributed by atoms with Crippen LogP contribution >= 0.6 is 23.4 Å². The summed E-state index contributed by atoms with van der Waals surface area (Å²) in [5.74, 6) is 0.179. The molecule has 25 heavy (non-hydrogen) atoms. The van der Waals surface area contributed by atoms with Crippen LogP contribution in [0, 0.1) is 6.92 Å². The Kier molecular flexibility index (Phi) is 5.01. The third kappa shape index (κ3) is 3.97. The van der Waals surface area contributed by atoms with E-state index in [1.54, 1.807) is 30.3 Å². The lowest BCUT2D eigenvalue weighted by Gasteiger charge is -2.03. The molecule has 1 heterocycles. The minimum absolute atomic E-state index is 0.0496. The number of ether oxygens (including phenoxy) is 1. The largest absolute Gasteiger partial charge is 0.504 e. The van der Waals surface area contributed by atoms with E-state index in [2.05, 4.69) is 10.3 Å². The maximum Gasteiger partial charge on any atom is 0.264 e. The number of thioether (sulfide) groups is 1. The van der Waals surface area contributed by atoms with E-state index in [0.717, 1.165) is 16.8 Å². The molecule has 0 radical (unpaired) electrons. The van der Waals surface area contributed by atoms with Gasteiger partial charge in [-0.25, -0.2) is 4.99 Å². The van der Waals surface area contributed by atoms with E-state index in [9.17, 15) is 9.90 Å². The van der Waals surface area contributed by atoms with Gasteiger partial charge in [0.05, 0.1) is 17.7 Å². The number of aryl methyl sites for hydroxylation is 1. The van der Waals surface area contributed by atoms with Gasteiger partial charge in [0.15, 0.2) is 16.7 Å². The van der Waals surface area contributed by atoms with E-state index in [0.29, 0.717) is 20.8 Å². The molecule has 128 valence electrons. The van der Waals surface area contributed by atoms with Crippen molar-refractivity contribution in [1.29, 1.82) is 0 Å². The van der Waals surface area contributed by atoms with Gasteiger partial charge in [-0.2, -0.15) is 0 Å². The molecule has 0 spiro atoms. The first-order valence-corrected chi connectivity index (χ1v) is 8.58. The molecule has 0 unspecified atom stereocenters. The van der Waals surface area contributed by atoms with E-state index in [1.807, 2.05) is 13.0 Å². The Balaban J connectivity index is 1.84. The fourth-order valence-corrected chi connectivity index (χ4v) is 3.19. The maximum atomic E-state index is 12.1. The van der Waals surface area contributed by atoms with Gasteiger partial charge < -0.3 is 15.2 Å². The molecule has 0 aromatic heterocycles. The van der Waals surface area contributed by atoms with Crippen molar-refractivity contribution in [2.24, 2.45) is 4.99 Å². The summed E-state index contributed by atoms with van der Waals surface area (Å²) in [4.78, 5) is 17.1. The molecular formula is C18H15ClN2O3S. The SMILES string of the molecule is COc1cc(/C=C2/SC(=Nc3ccc(Cl)c(C)c3)NC2=O)ccc1O. The number of aromatic hydroxyl groups is 1. The number of carbonyl (C=O) groups is 1. The smallest absolute Gasteiger partial charge is 0.264 e. The number of phenolic OH excluding ortho intramolecular Hbond substituents is 1. The third-order valence-corrected chi connectivity index (χ3v) is 4.86. The van der Waals surface area contributed by atoms with Crippen LogP contribution < -0.4 is 10.1 Å². The number of amidine groups is 1. The van der Waals surface area contributed by atoms with Gasteiger partial charge in [-0.15, -0.1) is 0 Å². The van der Waals surface area contributed by atoms with Gasteiger partial charge in [0, 0.05) is 5.02 Å². The number of carbonyl (C=O) groups excluding carboxylic acids is 1. The molecule has 1 amide bonds. The first-order chi connectivity index (χ1) is 12.0. The van der Waals surface area contributed by atoms with Crippen LogP contribution in [0.3, 0.4) is 0 Å². The first kappa shape index (κ1) is 17.4. The zero-order chi connectivity index (χ0) is 18.0. The molecule has 2 aromatic carbocycles. The van der Waals surface area contributed by atoms with Gasteiger partial charge in [0.1, 0.15) is 0 Å². The number of phenols is 1. The number of nitrogens with zero attached hydrogens (tertiary/aromatic N) is 1. The predicted molar refractivity (Wildman–Crippen MR) is 102 cm³/mol. The Morgan fingerprint density at radius 3 is 2.80 bits per heavy atom. The van der Waals surface area contributed by atoms with Crippen LogP contribution in [0.5, 0.6) is 11.5 Å². The predicted octanol–water partition coefficient (Wildman–Crippen LogP) is 4.25. The number of methoxy groups -OCH3 is 1. The van der Waals surface area contributed by atoms with Gasteiger partial charge >= 0.3 is 0 Å². The second kappa shape index (κ2) is 7.21. The van der Waals surface area contributed by atoms with E-state index in [-0.39, 0.29) is 11.7 Å². The Morgan fingerprint density at radius 1 is 1.28 bits per heavy atom. The summed E-state index contributed by atoms with van der Waals surface area (Å²) in [7, 11) is 1.47. The Labute approximate surface area is 154 Å². The molecule has 5 nitrogen and oxygen atoms in total. The summed E-state index contributed by atoms with van der Waals surface area (Å²) in [6, 6.07) is 10.3. The van der Waals surface area contributed by atoms with Crippen LogP contribution in [0.15, 0.2) is 46.3 Å². The fraction of sp³-hybridized carbons (Fsp3) is 0.111. The summed E-state index contributed by atoms with van der Waals surface area (Å²) < 4.78 is 5.08. The maximum absolute atomic E-state index is 12.1. The molecule has 1 fully saturated rings. The Hall–Kier alpha value is -2.44. The van der Waals surface area contributed by atoms with Crippen LogP contribution in [-0.2, 0) is 4.79 Å². The minimum atomic E-state index is -0.221. The highest BCUT2D eigenvalue weighted by Gasteiger charge is 2.24. The van der Waals surface area contributed by atoms with E-state index >= 15 is 0 Å². The Morgan fingerprint density at radius 2 is 2.08 bits per heavy atom. The molecule has 0 bridgehead atoms. The second-order valence-electron chi connectivity index (χ2n) is 5.35. The molecule has 3 rings (SSSR count). The van der Waals surface area contributed by atoms with Crippen LogP contribution in [0.1, 0.15) is 11.1 Å². The number of nitrogens with one attached hydrogen (secondary N) is 1. The number of hydrogen-bond acceptors (Lipinski definition) is 5. The van der Waals surface area contributed by atoms with E-state index in [1.165, 1.54) is 24.9 Å². The molecule has 2 aromatic rings.